The maximum absolute atomic E-state index is 12.3. The van der Waals surface area contributed by atoms with Crippen LogP contribution in [-0.2, 0) is 9.59 Å². The van der Waals surface area contributed by atoms with Crippen molar-refractivity contribution >= 4 is 35.2 Å². The van der Waals surface area contributed by atoms with E-state index in [1.807, 2.05) is 13.8 Å². The standard InChI is InChI=1S/C16H20N2O4S/c1-3-4-5-11(16(21)22)17-15(20)10-6-7-13-12(8-10)18-14(19)9(2)23-13/h6-9,11H,3-5H2,1-2H3,(H,17,20)(H,18,19)(H,21,22). The number of nitrogens with one attached hydrogen (secondary N) is 2. The van der Waals surface area contributed by atoms with Gasteiger partial charge in [0.05, 0.1) is 10.9 Å². The molecular formula is C16H20N2O4S. The molecule has 0 aliphatic carbocycles. The number of rotatable bonds is 6. The maximum atomic E-state index is 12.3. The van der Waals surface area contributed by atoms with Crippen LogP contribution in [0.1, 0.15) is 43.5 Å². The molecule has 7 heteroatoms. The van der Waals surface area contributed by atoms with Crippen molar-refractivity contribution in [3.63, 3.8) is 0 Å². The number of hydrogen-bond acceptors (Lipinski definition) is 4. The Balaban J connectivity index is 2.12. The third kappa shape index (κ3) is 4.25. The van der Waals surface area contributed by atoms with Crippen LogP contribution in [0.2, 0.25) is 0 Å². The number of thioether (sulfide) groups is 1. The van der Waals surface area contributed by atoms with Gasteiger partial charge in [-0.15, -0.1) is 11.8 Å². The molecule has 2 unspecified atom stereocenters. The fourth-order valence-electron chi connectivity index (χ4n) is 2.26. The van der Waals surface area contributed by atoms with Crippen molar-refractivity contribution in [2.24, 2.45) is 0 Å². The van der Waals surface area contributed by atoms with Crippen molar-refractivity contribution in [2.45, 2.75) is 49.3 Å². The zero-order chi connectivity index (χ0) is 17.0. The quantitative estimate of drug-likeness (QED) is 0.742. The SMILES string of the molecule is CCCCC(NC(=O)c1ccc2c(c1)NC(=O)C(C)S2)C(=O)O. The summed E-state index contributed by atoms with van der Waals surface area (Å²) in [4.78, 5) is 36.1. The van der Waals surface area contributed by atoms with E-state index < -0.39 is 17.9 Å². The van der Waals surface area contributed by atoms with Gasteiger partial charge in [-0.1, -0.05) is 19.8 Å². The zero-order valence-corrected chi connectivity index (χ0v) is 13.9. The van der Waals surface area contributed by atoms with Gasteiger partial charge < -0.3 is 15.7 Å². The first kappa shape index (κ1) is 17.3. The Morgan fingerprint density at radius 1 is 1.43 bits per heavy atom. The molecule has 0 bridgehead atoms. The molecule has 1 heterocycles. The van der Waals surface area contributed by atoms with Gasteiger partial charge in [0.25, 0.3) is 5.91 Å². The lowest BCUT2D eigenvalue weighted by atomic mass is 10.1. The molecule has 2 rings (SSSR count). The summed E-state index contributed by atoms with van der Waals surface area (Å²) in [5.74, 6) is -1.59. The molecule has 124 valence electrons. The Morgan fingerprint density at radius 2 is 2.17 bits per heavy atom. The fraction of sp³-hybridized carbons (Fsp3) is 0.438. The van der Waals surface area contributed by atoms with E-state index in [0.717, 1.165) is 17.7 Å². The molecule has 2 atom stereocenters. The van der Waals surface area contributed by atoms with Crippen LogP contribution in [0, 0.1) is 0 Å². The molecular weight excluding hydrogens is 316 g/mol. The number of carboxylic acids is 1. The van der Waals surface area contributed by atoms with Crippen molar-refractivity contribution in [2.75, 3.05) is 5.32 Å². The number of carboxylic acid groups (broad SMARTS) is 1. The van der Waals surface area contributed by atoms with Crippen molar-refractivity contribution in [3.05, 3.63) is 23.8 Å². The van der Waals surface area contributed by atoms with E-state index >= 15 is 0 Å². The Bertz CT molecular complexity index is 633. The van der Waals surface area contributed by atoms with E-state index in [1.165, 1.54) is 11.8 Å². The van der Waals surface area contributed by atoms with E-state index in [2.05, 4.69) is 10.6 Å². The molecule has 1 aliphatic heterocycles. The van der Waals surface area contributed by atoms with Gasteiger partial charge in [0.1, 0.15) is 6.04 Å². The molecule has 0 radical (unpaired) electrons. The molecule has 1 aliphatic rings. The summed E-state index contributed by atoms with van der Waals surface area (Å²) >= 11 is 1.43. The van der Waals surface area contributed by atoms with Crippen molar-refractivity contribution in [1.82, 2.24) is 5.32 Å². The molecule has 23 heavy (non-hydrogen) atoms. The highest BCUT2D eigenvalue weighted by Crippen LogP contribution is 2.35. The van der Waals surface area contributed by atoms with Crippen LogP contribution in [0.3, 0.4) is 0 Å². The minimum atomic E-state index is -1.04. The molecule has 1 aromatic rings. The number of aliphatic carboxylic acids is 1. The van der Waals surface area contributed by atoms with E-state index in [9.17, 15) is 19.5 Å². The summed E-state index contributed by atoms with van der Waals surface area (Å²) in [5.41, 5.74) is 0.924. The third-order valence-corrected chi connectivity index (χ3v) is 4.80. The molecule has 3 N–H and O–H groups in total. The lowest BCUT2D eigenvalue weighted by Crippen LogP contribution is -2.40. The first-order valence-electron chi connectivity index (χ1n) is 7.57. The number of anilines is 1. The van der Waals surface area contributed by atoms with Gasteiger partial charge in [0.2, 0.25) is 5.91 Å². The Kier molecular flexibility index (Phi) is 5.65. The number of unbranched alkanes of at least 4 members (excludes halogenated alkanes) is 1. The first-order valence-corrected chi connectivity index (χ1v) is 8.45. The lowest BCUT2D eigenvalue weighted by molar-refractivity contribution is -0.139. The summed E-state index contributed by atoms with van der Waals surface area (Å²) in [6.07, 6.45) is 1.98. The van der Waals surface area contributed by atoms with Gasteiger partial charge in [-0.25, -0.2) is 4.79 Å². The first-order chi connectivity index (χ1) is 10.9. The minimum Gasteiger partial charge on any atom is -0.480 e. The summed E-state index contributed by atoms with van der Waals surface area (Å²) < 4.78 is 0. The van der Waals surface area contributed by atoms with Crippen LogP contribution < -0.4 is 10.6 Å². The molecule has 1 aromatic carbocycles. The number of amides is 2. The van der Waals surface area contributed by atoms with E-state index in [-0.39, 0.29) is 11.2 Å². The van der Waals surface area contributed by atoms with Gasteiger partial charge >= 0.3 is 5.97 Å². The van der Waals surface area contributed by atoms with E-state index in [4.69, 9.17) is 0 Å². The second-order valence-electron chi connectivity index (χ2n) is 5.47. The highest BCUT2D eigenvalue weighted by molar-refractivity contribution is 8.00. The van der Waals surface area contributed by atoms with Crippen LogP contribution >= 0.6 is 11.8 Å². The Labute approximate surface area is 139 Å². The summed E-state index contributed by atoms with van der Waals surface area (Å²) in [6.45, 7) is 3.78. The van der Waals surface area contributed by atoms with Gasteiger partial charge in [-0.3, -0.25) is 9.59 Å². The minimum absolute atomic E-state index is 0.105. The maximum Gasteiger partial charge on any atom is 0.326 e. The number of carbonyl (C=O) groups is 3. The smallest absolute Gasteiger partial charge is 0.326 e. The number of benzene rings is 1. The van der Waals surface area contributed by atoms with Crippen LogP contribution in [0.5, 0.6) is 0 Å². The van der Waals surface area contributed by atoms with E-state index in [0.29, 0.717) is 17.7 Å². The van der Waals surface area contributed by atoms with Gasteiger partial charge in [0.15, 0.2) is 0 Å². The van der Waals surface area contributed by atoms with Crippen molar-refractivity contribution < 1.29 is 19.5 Å². The number of fused-ring (bicyclic) bond motifs is 1. The molecule has 0 aromatic heterocycles. The predicted octanol–water partition coefficient (Wildman–Crippen LogP) is 2.49. The van der Waals surface area contributed by atoms with Gasteiger partial charge in [-0.05, 0) is 31.5 Å². The van der Waals surface area contributed by atoms with Crippen molar-refractivity contribution in [3.8, 4) is 0 Å². The van der Waals surface area contributed by atoms with Crippen LogP contribution in [0.25, 0.3) is 0 Å². The largest absolute Gasteiger partial charge is 0.480 e. The summed E-state index contributed by atoms with van der Waals surface area (Å²) in [7, 11) is 0. The Hall–Kier alpha value is -2.02. The lowest BCUT2D eigenvalue weighted by Gasteiger charge is -2.22. The average molecular weight is 336 g/mol. The molecule has 0 fully saturated rings. The second kappa shape index (κ2) is 7.50. The highest BCUT2D eigenvalue weighted by atomic mass is 32.2. The highest BCUT2D eigenvalue weighted by Gasteiger charge is 2.25. The van der Waals surface area contributed by atoms with Crippen molar-refractivity contribution in [1.29, 1.82) is 0 Å². The van der Waals surface area contributed by atoms with Gasteiger partial charge in [0, 0.05) is 10.5 Å². The average Bonchev–Trinajstić information content (AvgIpc) is 2.51. The topological polar surface area (TPSA) is 95.5 Å². The molecule has 0 saturated heterocycles. The Morgan fingerprint density at radius 3 is 2.83 bits per heavy atom. The predicted molar refractivity (Wildman–Crippen MR) is 88.8 cm³/mol. The molecule has 2 amide bonds. The third-order valence-electron chi connectivity index (χ3n) is 3.62. The second-order valence-corrected chi connectivity index (χ2v) is 6.85. The molecule has 0 spiro atoms. The van der Waals surface area contributed by atoms with Crippen LogP contribution in [-0.4, -0.2) is 34.2 Å². The van der Waals surface area contributed by atoms with E-state index in [1.54, 1.807) is 18.2 Å². The molecule has 6 nitrogen and oxygen atoms in total. The number of hydrogen-bond donors (Lipinski definition) is 3. The monoisotopic (exact) mass is 336 g/mol. The van der Waals surface area contributed by atoms with Crippen LogP contribution in [0.15, 0.2) is 23.1 Å². The van der Waals surface area contributed by atoms with Gasteiger partial charge in [-0.2, -0.15) is 0 Å². The molecule has 0 saturated carbocycles. The zero-order valence-electron chi connectivity index (χ0n) is 13.1. The normalized spacial score (nSPS) is 17.8. The van der Waals surface area contributed by atoms with Crippen LogP contribution in [0.4, 0.5) is 5.69 Å². The summed E-state index contributed by atoms with van der Waals surface area (Å²) in [5, 5.41) is 14.3. The number of carbonyl (C=O) groups excluding carboxylic acids is 2. The fourth-order valence-corrected chi connectivity index (χ4v) is 3.19. The summed E-state index contributed by atoms with van der Waals surface area (Å²) in [6, 6.07) is 4.10.